The molecule has 1 saturated heterocycles. The lowest BCUT2D eigenvalue weighted by Crippen LogP contribution is -2.40. The highest BCUT2D eigenvalue weighted by molar-refractivity contribution is 6.02. The molecule has 3 amide bonds. The number of hydrogen-bond acceptors (Lipinski definition) is 4. The summed E-state index contributed by atoms with van der Waals surface area (Å²) in [5, 5.41) is 0. The van der Waals surface area contributed by atoms with Gasteiger partial charge in [-0.2, -0.15) is 0 Å². The fourth-order valence-electron chi connectivity index (χ4n) is 1.43. The molecule has 6 nitrogen and oxygen atoms in total. The second-order valence-corrected chi connectivity index (χ2v) is 3.61. The molecule has 1 fully saturated rings. The van der Waals surface area contributed by atoms with E-state index in [1.54, 1.807) is 0 Å². The van der Waals surface area contributed by atoms with E-state index in [2.05, 4.69) is 0 Å². The molecule has 2 unspecified atom stereocenters. The molecule has 15 heavy (non-hydrogen) atoms. The molecule has 1 aliphatic heterocycles. The zero-order valence-corrected chi connectivity index (χ0v) is 9.27. The fraction of sp³-hybridized carbons (Fsp3) is 0.778. The van der Waals surface area contributed by atoms with Crippen LogP contribution in [-0.2, 0) is 9.53 Å². The lowest BCUT2D eigenvalue weighted by atomic mass is 10.3. The predicted octanol–water partition coefficient (Wildman–Crippen LogP) is -0.0622. The molecule has 0 bridgehead atoms. The van der Waals surface area contributed by atoms with E-state index >= 15 is 0 Å². The first-order valence-corrected chi connectivity index (χ1v) is 4.94. The third-order valence-electron chi connectivity index (χ3n) is 2.36. The zero-order valence-electron chi connectivity index (χ0n) is 9.27. The molecule has 2 atom stereocenters. The average molecular weight is 215 g/mol. The SMILES string of the molecule is CCCC(N)OC1C(=O)N(C)C(=O)N1C. The lowest BCUT2D eigenvalue weighted by molar-refractivity contribution is -0.145. The first-order valence-electron chi connectivity index (χ1n) is 4.94. The van der Waals surface area contributed by atoms with E-state index in [4.69, 9.17) is 10.5 Å². The van der Waals surface area contributed by atoms with Crippen LogP contribution in [0.1, 0.15) is 19.8 Å². The van der Waals surface area contributed by atoms with Crippen LogP contribution in [0.5, 0.6) is 0 Å². The molecular formula is C9H17N3O3. The van der Waals surface area contributed by atoms with Crippen LogP contribution in [0.15, 0.2) is 0 Å². The van der Waals surface area contributed by atoms with Crippen LogP contribution in [0, 0.1) is 0 Å². The van der Waals surface area contributed by atoms with Crippen molar-refractivity contribution in [3.63, 3.8) is 0 Å². The average Bonchev–Trinajstić information content (AvgIpc) is 2.36. The standard InChI is InChI=1S/C9H17N3O3/c1-4-5-6(10)15-8-7(13)11(2)9(14)12(8)3/h6,8H,4-5,10H2,1-3H3. The second kappa shape index (κ2) is 4.59. The van der Waals surface area contributed by atoms with Gasteiger partial charge in [-0.25, -0.2) is 4.79 Å². The Kier molecular flexibility index (Phi) is 3.65. The summed E-state index contributed by atoms with van der Waals surface area (Å²) >= 11 is 0. The highest BCUT2D eigenvalue weighted by Crippen LogP contribution is 2.16. The molecule has 2 N–H and O–H groups in total. The van der Waals surface area contributed by atoms with Gasteiger partial charge in [0, 0.05) is 14.1 Å². The van der Waals surface area contributed by atoms with Crippen molar-refractivity contribution < 1.29 is 14.3 Å². The third kappa shape index (κ3) is 2.27. The number of amides is 3. The maximum Gasteiger partial charge on any atom is 0.328 e. The number of hydrogen-bond donors (Lipinski definition) is 1. The third-order valence-corrected chi connectivity index (χ3v) is 2.36. The van der Waals surface area contributed by atoms with E-state index in [-0.39, 0.29) is 11.9 Å². The highest BCUT2D eigenvalue weighted by Gasteiger charge is 2.42. The van der Waals surface area contributed by atoms with E-state index in [0.717, 1.165) is 11.3 Å². The minimum absolute atomic E-state index is 0.367. The summed E-state index contributed by atoms with van der Waals surface area (Å²) in [6.45, 7) is 1.97. The van der Waals surface area contributed by atoms with Gasteiger partial charge in [-0.15, -0.1) is 0 Å². The number of ether oxygens (including phenoxy) is 1. The summed E-state index contributed by atoms with van der Waals surface area (Å²) in [5.74, 6) is -0.367. The maximum atomic E-state index is 11.5. The minimum atomic E-state index is -0.871. The van der Waals surface area contributed by atoms with E-state index in [1.165, 1.54) is 19.0 Å². The summed E-state index contributed by atoms with van der Waals surface area (Å²) in [4.78, 5) is 25.2. The molecule has 1 aliphatic rings. The van der Waals surface area contributed by atoms with Crippen molar-refractivity contribution in [3.05, 3.63) is 0 Å². The molecule has 1 heterocycles. The number of nitrogens with zero attached hydrogens (tertiary/aromatic N) is 2. The van der Waals surface area contributed by atoms with Crippen molar-refractivity contribution >= 4 is 11.9 Å². The molecular weight excluding hydrogens is 198 g/mol. The Morgan fingerprint density at radius 2 is 2.07 bits per heavy atom. The number of nitrogens with two attached hydrogens (primary N) is 1. The smallest absolute Gasteiger partial charge is 0.328 e. The quantitative estimate of drug-likeness (QED) is 0.526. The van der Waals surface area contributed by atoms with Crippen LogP contribution in [0.25, 0.3) is 0 Å². The van der Waals surface area contributed by atoms with Crippen molar-refractivity contribution in [2.24, 2.45) is 5.73 Å². The summed E-state index contributed by atoms with van der Waals surface area (Å²) in [7, 11) is 2.95. The van der Waals surface area contributed by atoms with E-state index in [0.29, 0.717) is 6.42 Å². The molecule has 0 aliphatic carbocycles. The van der Waals surface area contributed by atoms with Crippen LogP contribution in [0.2, 0.25) is 0 Å². The summed E-state index contributed by atoms with van der Waals surface area (Å²) in [6.07, 6.45) is 0.153. The van der Waals surface area contributed by atoms with Crippen molar-refractivity contribution in [1.82, 2.24) is 9.80 Å². The van der Waals surface area contributed by atoms with Gasteiger partial charge < -0.3 is 10.5 Å². The summed E-state index contributed by atoms with van der Waals surface area (Å²) < 4.78 is 5.31. The van der Waals surface area contributed by atoms with Crippen molar-refractivity contribution in [2.45, 2.75) is 32.2 Å². The molecule has 0 saturated carbocycles. The summed E-state index contributed by atoms with van der Waals surface area (Å²) in [5.41, 5.74) is 5.65. The molecule has 0 aromatic rings. The summed E-state index contributed by atoms with van der Waals surface area (Å²) in [6, 6.07) is -0.367. The Hall–Kier alpha value is -1.14. The van der Waals surface area contributed by atoms with Crippen LogP contribution < -0.4 is 5.73 Å². The highest BCUT2D eigenvalue weighted by atomic mass is 16.5. The first-order chi connectivity index (χ1) is 6.99. The van der Waals surface area contributed by atoms with E-state index in [1.807, 2.05) is 6.92 Å². The predicted molar refractivity (Wildman–Crippen MR) is 53.7 cm³/mol. The van der Waals surface area contributed by atoms with Gasteiger partial charge in [-0.1, -0.05) is 13.3 Å². The monoisotopic (exact) mass is 215 g/mol. The van der Waals surface area contributed by atoms with Gasteiger partial charge in [0.05, 0.1) is 0 Å². The van der Waals surface area contributed by atoms with Gasteiger partial charge >= 0.3 is 6.03 Å². The largest absolute Gasteiger partial charge is 0.331 e. The maximum absolute atomic E-state index is 11.5. The first kappa shape index (κ1) is 11.9. The van der Waals surface area contributed by atoms with Gasteiger partial charge in [-0.05, 0) is 6.42 Å². The number of rotatable bonds is 4. The molecule has 0 aromatic heterocycles. The van der Waals surface area contributed by atoms with Crippen molar-refractivity contribution in [3.8, 4) is 0 Å². The van der Waals surface area contributed by atoms with Gasteiger partial charge in [0.1, 0.15) is 6.23 Å². The number of urea groups is 1. The topological polar surface area (TPSA) is 75.9 Å². The number of imide groups is 1. The van der Waals surface area contributed by atoms with Gasteiger partial charge in [0.2, 0.25) is 6.23 Å². The van der Waals surface area contributed by atoms with Gasteiger partial charge in [0.15, 0.2) is 0 Å². The zero-order chi connectivity index (χ0) is 11.6. The molecule has 0 spiro atoms. The van der Waals surface area contributed by atoms with Crippen LogP contribution in [0.3, 0.4) is 0 Å². The van der Waals surface area contributed by atoms with Crippen LogP contribution in [-0.4, -0.2) is 48.3 Å². The molecule has 6 heteroatoms. The second-order valence-electron chi connectivity index (χ2n) is 3.61. The van der Waals surface area contributed by atoms with E-state index in [9.17, 15) is 9.59 Å². The minimum Gasteiger partial charge on any atom is -0.331 e. The number of carbonyl (C=O) groups is 2. The number of likely N-dealkylation sites (N-methyl/N-ethyl adjacent to an activating group) is 2. The van der Waals surface area contributed by atoms with Gasteiger partial charge in [-0.3, -0.25) is 14.6 Å². The fourth-order valence-corrected chi connectivity index (χ4v) is 1.43. The Labute approximate surface area is 88.9 Å². The Bertz CT molecular complexity index is 269. The van der Waals surface area contributed by atoms with Crippen LogP contribution >= 0.6 is 0 Å². The van der Waals surface area contributed by atoms with Gasteiger partial charge in [0.25, 0.3) is 5.91 Å². The Morgan fingerprint density at radius 1 is 1.47 bits per heavy atom. The number of carbonyl (C=O) groups excluding carboxylic acids is 2. The van der Waals surface area contributed by atoms with Crippen molar-refractivity contribution in [2.75, 3.05) is 14.1 Å². The van der Waals surface area contributed by atoms with E-state index < -0.39 is 12.5 Å². The Balaban J connectivity index is 2.62. The Morgan fingerprint density at radius 3 is 2.47 bits per heavy atom. The molecule has 0 aromatic carbocycles. The lowest BCUT2D eigenvalue weighted by Gasteiger charge is -2.20. The molecule has 0 radical (unpaired) electrons. The molecule has 1 rings (SSSR count). The normalized spacial score (nSPS) is 23.9. The van der Waals surface area contributed by atoms with Crippen LogP contribution in [0.4, 0.5) is 4.79 Å². The molecule has 86 valence electrons. The van der Waals surface area contributed by atoms with Crippen molar-refractivity contribution in [1.29, 1.82) is 0 Å².